The normalized spacial score (nSPS) is 14.3. The topological polar surface area (TPSA) is 24.9 Å². The molecule has 2 nitrogen and oxygen atoms in total. The predicted octanol–water partition coefficient (Wildman–Crippen LogP) is 3.34. The van der Waals surface area contributed by atoms with Gasteiger partial charge in [0.05, 0.1) is 11.9 Å². The van der Waals surface area contributed by atoms with Gasteiger partial charge in [0.2, 0.25) is 0 Å². The number of anilines is 1. The van der Waals surface area contributed by atoms with Crippen molar-refractivity contribution in [3.05, 3.63) is 23.5 Å². The van der Waals surface area contributed by atoms with Crippen LogP contribution in [0.25, 0.3) is 0 Å². The molecule has 2 heteroatoms. The molecule has 1 aliphatic carbocycles. The quantitative estimate of drug-likeness (QED) is 0.777. The van der Waals surface area contributed by atoms with Crippen molar-refractivity contribution in [1.29, 1.82) is 0 Å². The lowest BCUT2D eigenvalue weighted by atomic mass is 10.2. The van der Waals surface area contributed by atoms with Crippen LogP contribution in [0.3, 0.4) is 0 Å². The molecule has 0 unspecified atom stereocenters. The summed E-state index contributed by atoms with van der Waals surface area (Å²) in [6, 6.07) is 2.20. The highest BCUT2D eigenvalue weighted by molar-refractivity contribution is 5.49. The Balaban J connectivity index is 0.000000461. The summed E-state index contributed by atoms with van der Waals surface area (Å²) in [6.07, 6.45) is 4.58. The number of hydrogen-bond acceptors (Lipinski definition) is 2. The first kappa shape index (κ1) is 11.0. The number of pyridine rings is 1. The summed E-state index contributed by atoms with van der Waals surface area (Å²) in [6.45, 7) is 6.12. The summed E-state index contributed by atoms with van der Waals surface area (Å²) in [7, 11) is 1.93. The van der Waals surface area contributed by atoms with Crippen LogP contribution in [0.1, 0.15) is 43.9 Å². The van der Waals surface area contributed by atoms with Crippen LogP contribution in [0.5, 0.6) is 0 Å². The number of hydrogen-bond donors (Lipinski definition) is 1. The maximum atomic E-state index is 4.41. The first-order valence-electron chi connectivity index (χ1n) is 5.45. The number of nitrogens with zero attached hydrogens (tertiary/aromatic N) is 1. The van der Waals surface area contributed by atoms with Gasteiger partial charge < -0.3 is 5.32 Å². The second-order valence-electron chi connectivity index (χ2n) is 3.45. The van der Waals surface area contributed by atoms with Crippen molar-refractivity contribution < 1.29 is 0 Å². The van der Waals surface area contributed by atoms with Gasteiger partial charge in [-0.15, -0.1) is 0 Å². The van der Waals surface area contributed by atoms with Gasteiger partial charge in [-0.1, -0.05) is 13.8 Å². The molecule has 0 amide bonds. The van der Waals surface area contributed by atoms with E-state index in [4.69, 9.17) is 0 Å². The lowest BCUT2D eigenvalue weighted by molar-refractivity contribution is 1.01. The maximum absolute atomic E-state index is 4.41. The van der Waals surface area contributed by atoms with Crippen LogP contribution in [-0.2, 0) is 0 Å². The molecule has 0 bridgehead atoms. The molecular weight excluding hydrogens is 172 g/mol. The molecule has 0 aromatic carbocycles. The summed E-state index contributed by atoms with van der Waals surface area (Å²) in [4.78, 5) is 4.41. The lowest BCUT2D eigenvalue weighted by Crippen LogP contribution is -1.95. The number of nitrogens with one attached hydrogen (secondary N) is 1. The van der Waals surface area contributed by atoms with Crippen molar-refractivity contribution >= 4 is 5.69 Å². The van der Waals surface area contributed by atoms with Crippen molar-refractivity contribution in [1.82, 2.24) is 4.98 Å². The largest absolute Gasteiger partial charge is 0.387 e. The van der Waals surface area contributed by atoms with E-state index >= 15 is 0 Å². The Hall–Kier alpha value is -1.05. The van der Waals surface area contributed by atoms with E-state index in [9.17, 15) is 0 Å². The van der Waals surface area contributed by atoms with E-state index in [0.717, 1.165) is 11.6 Å². The van der Waals surface area contributed by atoms with E-state index < -0.39 is 0 Å². The minimum atomic E-state index is 0.759. The molecule has 1 saturated carbocycles. The molecule has 2 rings (SSSR count). The van der Waals surface area contributed by atoms with Gasteiger partial charge in [0, 0.05) is 18.7 Å². The number of rotatable bonds is 2. The number of aromatic nitrogens is 1. The van der Waals surface area contributed by atoms with Crippen molar-refractivity contribution in [2.24, 2.45) is 0 Å². The Morgan fingerprint density at radius 2 is 2.00 bits per heavy atom. The molecule has 0 radical (unpaired) electrons. The highest BCUT2D eigenvalue weighted by Gasteiger charge is 2.24. The summed E-state index contributed by atoms with van der Waals surface area (Å²) in [5.41, 5.74) is 3.71. The third-order valence-electron chi connectivity index (χ3n) is 2.40. The molecule has 1 aliphatic rings. The van der Waals surface area contributed by atoms with Crippen molar-refractivity contribution in [3.63, 3.8) is 0 Å². The second kappa shape index (κ2) is 4.99. The Bertz CT molecular complexity index is 290. The fraction of sp³-hybridized carbons (Fsp3) is 0.583. The van der Waals surface area contributed by atoms with Crippen LogP contribution in [0.15, 0.2) is 12.3 Å². The first-order chi connectivity index (χ1) is 6.81. The second-order valence-corrected chi connectivity index (χ2v) is 3.45. The van der Waals surface area contributed by atoms with Gasteiger partial charge in [-0.2, -0.15) is 0 Å². The zero-order chi connectivity index (χ0) is 10.6. The van der Waals surface area contributed by atoms with Gasteiger partial charge in [0.15, 0.2) is 0 Å². The maximum Gasteiger partial charge on any atom is 0.0554 e. The highest BCUT2D eigenvalue weighted by Crippen LogP contribution is 2.39. The molecule has 78 valence electrons. The molecule has 1 N–H and O–H groups in total. The zero-order valence-corrected chi connectivity index (χ0v) is 9.59. The van der Waals surface area contributed by atoms with E-state index in [1.807, 2.05) is 27.1 Å². The first-order valence-corrected chi connectivity index (χ1v) is 5.45. The highest BCUT2D eigenvalue weighted by atomic mass is 14.9. The smallest absolute Gasteiger partial charge is 0.0554 e. The molecule has 0 spiro atoms. The van der Waals surface area contributed by atoms with Gasteiger partial charge in [-0.05, 0) is 31.4 Å². The van der Waals surface area contributed by atoms with E-state index in [-0.39, 0.29) is 0 Å². The minimum absolute atomic E-state index is 0.759. The third-order valence-corrected chi connectivity index (χ3v) is 2.40. The minimum Gasteiger partial charge on any atom is -0.387 e. The predicted molar refractivity (Wildman–Crippen MR) is 61.8 cm³/mol. The average molecular weight is 192 g/mol. The molecule has 0 saturated heterocycles. The molecule has 14 heavy (non-hydrogen) atoms. The summed E-state index contributed by atoms with van der Waals surface area (Å²) >= 11 is 0. The van der Waals surface area contributed by atoms with Gasteiger partial charge >= 0.3 is 0 Å². The van der Waals surface area contributed by atoms with Crippen LogP contribution in [-0.4, -0.2) is 12.0 Å². The summed E-state index contributed by atoms with van der Waals surface area (Å²) < 4.78 is 0. The Morgan fingerprint density at radius 1 is 1.36 bits per heavy atom. The molecule has 0 aliphatic heterocycles. The fourth-order valence-corrected chi connectivity index (χ4v) is 1.44. The summed E-state index contributed by atoms with van der Waals surface area (Å²) in [5, 5.41) is 3.12. The van der Waals surface area contributed by atoms with Gasteiger partial charge in [-0.3, -0.25) is 4.98 Å². The van der Waals surface area contributed by atoms with Crippen molar-refractivity contribution in [3.8, 4) is 0 Å². The number of aryl methyl sites for hydroxylation is 1. The molecule has 1 fully saturated rings. The third kappa shape index (κ3) is 2.47. The van der Waals surface area contributed by atoms with Crippen LogP contribution in [0.4, 0.5) is 5.69 Å². The van der Waals surface area contributed by atoms with Gasteiger partial charge in [0.1, 0.15) is 0 Å². The Morgan fingerprint density at radius 3 is 2.43 bits per heavy atom. The van der Waals surface area contributed by atoms with Crippen molar-refractivity contribution in [2.45, 2.75) is 39.5 Å². The molecule has 1 aromatic heterocycles. The standard InChI is InChI=1S/C10H14N2.C2H6/c1-7-5-9(8-3-4-8)12-6-10(7)11-2;1-2/h5-6,8,11H,3-4H2,1-2H3;1-2H3. The zero-order valence-electron chi connectivity index (χ0n) is 9.59. The molecule has 0 atom stereocenters. The molecule has 1 aromatic rings. The van der Waals surface area contributed by atoms with Gasteiger partial charge in [-0.25, -0.2) is 0 Å². The molecule has 1 heterocycles. The SMILES string of the molecule is CC.CNc1cnc(C2CC2)cc1C. The summed E-state index contributed by atoms with van der Waals surface area (Å²) in [5.74, 6) is 0.759. The van der Waals surface area contributed by atoms with E-state index in [1.54, 1.807) is 0 Å². The van der Waals surface area contributed by atoms with Crippen LogP contribution < -0.4 is 5.32 Å². The fourth-order valence-electron chi connectivity index (χ4n) is 1.44. The molecular formula is C12H20N2. The lowest BCUT2D eigenvalue weighted by Gasteiger charge is -2.05. The monoisotopic (exact) mass is 192 g/mol. The van der Waals surface area contributed by atoms with Gasteiger partial charge in [0.25, 0.3) is 0 Å². The Labute approximate surface area is 86.8 Å². The van der Waals surface area contributed by atoms with Crippen LogP contribution in [0.2, 0.25) is 0 Å². The van der Waals surface area contributed by atoms with E-state index in [1.165, 1.54) is 24.1 Å². The van der Waals surface area contributed by atoms with Crippen LogP contribution in [0, 0.1) is 6.92 Å². The van der Waals surface area contributed by atoms with Crippen molar-refractivity contribution in [2.75, 3.05) is 12.4 Å². The van der Waals surface area contributed by atoms with E-state index in [0.29, 0.717) is 0 Å². The Kier molecular flexibility index (Phi) is 3.93. The van der Waals surface area contributed by atoms with E-state index in [2.05, 4.69) is 23.3 Å². The average Bonchev–Trinajstić information content (AvgIpc) is 3.04. The van der Waals surface area contributed by atoms with Crippen LogP contribution >= 0.6 is 0 Å².